The maximum Gasteiger partial charge on any atom is 0.284 e. The largest absolute Gasteiger partial charge is 0.361 e. The highest BCUT2D eigenvalue weighted by molar-refractivity contribution is 6.31. The van der Waals surface area contributed by atoms with E-state index < -0.39 is 37.1 Å². The van der Waals surface area contributed by atoms with Crippen LogP contribution in [-0.2, 0) is 19.5 Å². The zero-order valence-corrected chi connectivity index (χ0v) is 15.3. The molecule has 1 atom stereocenters. The van der Waals surface area contributed by atoms with Gasteiger partial charge in [-0.3, -0.25) is 14.4 Å². The van der Waals surface area contributed by atoms with Gasteiger partial charge in [0.1, 0.15) is 18.1 Å². The second-order valence-corrected chi connectivity index (χ2v) is 7.24. The number of hydrogen-bond acceptors (Lipinski definition) is 5. The molecule has 0 spiro atoms. The van der Waals surface area contributed by atoms with E-state index in [1.54, 1.807) is 4.90 Å². The maximum absolute atomic E-state index is 13.8. The van der Waals surface area contributed by atoms with Gasteiger partial charge in [-0.1, -0.05) is 11.6 Å². The fourth-order valence-electron chi connectivity index (χ4n) is 3.42. The van der Waals surface area contributed by atoms with Gasteiger partial charge in [-0.2, -0.15) is 5.10 Å². The topological polar surface area (TPSA) is 82.4 Å². The number of aliphatic hydroxyl groups excluding tert-OH is 1. The molecule has 0 bridgehead atoms. The highest BCUT2D eigenvalue weighted by atomic mass is 35.5. The van der Waals surface area contributed by atoms with E-state index in [-0.39, 0.29) is 17.3 Å². The Balaban J connectivity index is 1.55. The Morgan fingerprint density at radius 1 is 1.39 bits per heavy atom. The van der Waals surface area contributed by atoms with Crippen molar-refractivity contribution in [3.8, 4) is 0 Å². The molecule has 0 saturated carbocycles. The molecular weight excluding hydrogens is 399 g/mol. The SMILES string of the molecule is O=C1NCC(F)(F)Cn2nc3c(c21)CN(C(O)Nc1ccc(F)c(Cl)c1)CC3. The standard InChI is InChI=1S/C17H17ClF3N5O2/c18-11-5-9(1-2-12(11)19)23-16(28)25-4-3-13-10(6-25)14-15(27)22-7-17(20,21)8-26(14)24-13/h1-2,5,16,23,28H,3-4,6-8H2,(H,22,27). The molecule has 3 heterocycles. The van der Waals surface area contributed by atoms with Crippen LogP contribution in [-0.4, -0.2) is 51.1 Å². The van der Waals surface area contributed by atoms with E-state index in [4.69, 9.17) is 11.6 Å². The number of halogens is 4. The number of nitrogens with zero attached hydrogens (tertiary/aromatic N) is 3. The first-order valence-corrected chi connectivity index (χ1v) is 8.99. The van der Waals surface area contributed by atoms with Crippen molar-refractivity contribution in [2.45, 2.75) is 31.8 Å². The monoisotopic (exact) mass is 415 g/mol. The molecule has 3 N–H and O–H groups in total. The van der Waals surface area contributed by atoms with Crippen molar-refractivity contribution in [2.75, 3.05) is 18.4 Å². The summed E-state index contributed by atoms with van der Waals surface area (Å²) < 4.78 is 42.0. The highest BCUT2D eigenvalue weighted by Crippen LogP contribution is 2.28. The minimum atomic E-state index is -3.09. The quantitative estimate of drug-likeness (QED) is 0.666. The molecule has 2 aliphatic heterocycles. The number of carbonyl (C=O) groups is 1. The van der Waals surface area contributed by atoms with Gasteiger partial charge < -0.3 is 15.7 Å². The molecule has 150 valence electrons. The Kier molecular flexibility index (Phi) is 4.72. The molecule has 0 radical (unpaired) electrons. The summed E-state index contributed by atoms with van der Waals surface area (Å²) in [6, 6.07) is 3.95. The molecule has 0 saturated heterocycles. The second-order valence-electron chi connectivity index (χ2n) is 6.84. The van der Waals surface area contributed by atoms with Gasteiger partial charge in [0.25, 0.3) is 11.8 Å². The van der Waals surface area contributed by atoms with Crippen molar-refractivity contribution < 1.29 is 23.1 Å². The third-order valence-corrected chi connectivity index (χ3v) is 5.09. The summed E-state index contributed by atoms with van der Waals surface area (Å²) >= 11 is 5.74. The lowest BCUT2D eigenvalue weighted by Crippen LogP contribution is -2.44. The van der Waals surface area contributed by atoms with Gasteiger partial charge in [0.2, 0.25) is 0 Å². The molecule has 28 heavy (non-hydrogen) atoms. The summed E-state index contributed by atoms with van der Waals surface area (Å²) in [4.78, 5) is 13.9. The minimum absolute atomic E-state index is 0.0855. The van der Waals surface area contributed by atoms with E-state index >= 15 is 0 Å². The van der Waals surface area contributed by atoms with Crippen LogP contribution >= 0.6 is 11.6 Å². The van der Waals surface area contributed by atoms with Crippen LogP contribution < -0.4 is 10.6 Å². The summed E-state index contributed by atoms with van der Waals surface area (Å²) in [5, 5.41) is 19.6. The summed E-state index contributed by atoms with van der Waals surface area (Å²) in [5.41, 5.74) is 1.58. The number of rotatable bonds is 3. The predicted molar refractivity (Wildman–Crippen MR) is 94.7 cm³/mol. The van der Waals surface area contributed by atoms with E-state index in [1.807, 2.05) is 0 Å². The van der Waals surface area contributed by atoms with E-state index in [0.29, 0.717) is 29.9 Å². The fraction of sp³-hybridized carbons (Fsp3) is 0.412. The van der Waals surface area contributed by atoms with Gasteiger partial charge in [0, 0.05) is 30.8 Å². The molecular formula is C17H17ClF3N5O2. The van der Waals surface area contributed by atoms with Crippen molar-refractivity contribution in [3.05, 3.63) is 46.0 Å². The number of aromatic nitrogens is 2. The van der Waals surface area contributed by atoms with Crippen molar-refractivity contribution >= 4 is 23.2 Å². The predicted octanol–water partition coefficient (Wildman–Crippen LogP) is 1.80. The van der Waals surface area contributed by atoms with Gasteiger partial charge in [-0.15, -0.1) is 0 Å². The van der Waals surface area contributed by atoms with Crippen LogP contribution in [0.4, 0.5) is 18.9 Å². The van der Waals surface area contributed by atoms with Crippen LogP contribution in [0.2, 0.25) is 5.02 Å². The molecule has 4 rings (SSSR count). The molecule has 11 heteroatoms. The average Bonchev–Trinajstić information content (AvgIpc) is 2.93. The van der Waals surface area contributed by atoms with Crippen molar-refractivity contribution in [1.29, 1.82) is 0 Å². The number of anilines is 1. The van der Waals surface area contributed by atoms with Crippen LogP contribution in [0.5, 0.6) is 0 Å². The second kappa shape index (κ2) is 6.94. The van der Waals surface area contributed by atoms with Gasteiger partial charge in [-0.05, 0) is 18.2 Å². The number of benzene rings is 1. The Morgan fingerprint density at radius 3 is 2.93 bits per heavy atom. The lowest BCUT2D eigenvalue weighted by molar-refractivity contribution is -0.0132. The van der Waals surface area contributed by atoms with Crippen molar-refractivity contribution in [1.82, 2.24) is 20.0 Å². The summed E-state index contributed by atoms with van der Waals surface area (Å²) in [6.45, 7) is -0.885. The molecule has 1 aromatic carbocycles. The van der Waals surface area contributed by atoms with Crippen LogP contribution in [0, 0.1) is 5.82 Å². The van der Waals surface area contributed by atoms with Gasteiger partial charge in [0.05, 0.1) is 17.3 Å². The maximum atomic E-state index is 13.8. The van der Waals surface area contributed by atoms with E-state index in [9.17, 15) is 23.1 Å². The number of amides is 1. The summed E-state index contributed by atoms with van der Waals surface area (Å²) in [6.07, 6.45) is -0.766. The van der Waals surface area contributed by atoms with Gasteiger partial charge in [-0.25, -0.2) is 13.2 Å². The van der Waals surface area contributed by atoms with Crippen molar-refractivity contribution in [2.24, 2.45) is 0 Å². The summed E-state index contributed by atoms with van der Waals surface area (Å²) in [7, 11) is 0. The first-order chi connectivity index (χ1) is 13.2. The minimum Gasteiger partial charge on any atom is -0.361 e. The number of alkyl halides is 2. The number of nitrogens with one attached hydrogen (secondary N) is 2. The van der Waals surface area contributed by atoms with E-state index in [0.717, 1.165) is 4.68 Å². The lowest BCUT2D eigenvalue weighted by atomic mass is 10.1. The zero-order valence-electron chi connectivity index (χ0n) is 14.6. The number of carbonyl (C=O) groups excluding carboxylic acids is 1. The van der Waals surface area contributed by atoms with Crippen LogP contribution in [0.1, 0.15) is 21.7 Å². The lowest BCUT2D eigenvalue weighted by Gasteiger charge is -2.31. The fourth-order valence-corrected chi connectivity index (χ4v) is 3.60. The van der Waals surface area contributed by atoms with Crippen molar-refractivity contribution in [3.63, 3.8) is 0 Å². The Morgan fingerprint density at radius 2 is 2.18 bits per heavy atom. The normalized spacial score (nSPS) is 20.0. The Bertz CT molecular complexity index is 936. The van der Waals surface area contributed by atoms with E-state index in [2.05, 4.69) is 15.7 Å². The zero-order chi connectivity index (χ0) is 20.1. The molecule has 2 aliphatic rings. The Labute approximate surface area is 163 Å². The van der Waals surface area contributed by atoms with Crippen LogP contribution in [0.15, 0.2) is 18.2 Å². The molecule has 1 aromatic heterocycles. The third kappa shape index (κ3) is 3.54. The first-order valence-electron chi connectivity index (χ1n) is 8.62. The van der Waals surface area contributed by atoms with Crippen LogP contribution in [0.25, 0.3) is 0 Å². The van der Waals surface area contributed by atoms with Crippen LogP contribution in [0.3, 0.4) is 0 Å². The first kappa shape index (κ1) is 19.0. The number of fused-ring (bicyclic) bond motifs is 3. The highest BCUT2D eigenvalue weighted by Gasteiger charge is 2.39. The molecule has 0 fully saturated rings. The smallest absolute Gasteiger partial charge is 0.284 e. The number of hydrogen-bond donors (Lipinski definition) is 3. The van der Waals surface area contributed by atoms with E-state index in [1.165, 1.54) is 18.2 Å². The van der Waals surface area contributed by atoms with Gasteiger partial charge in [0.15, 0.2) is 6.35 Å². The molecule has 7 nitrogen and oxygen atoms in total. The van der Waals surface area contributed by atoms with Gasteiger partial charge >= 0.3 is 0 Å². The average molecular weight is 416 g/mol. The molecule has 1 unspecified atom stereocenters. The molecule has 2 aromatic rings. The number of aliphatic hydroxyl groups is 1. The third-order valence-electron chi connectivity index (χ3n) is 4.80. The molecule has 0 aliphatic carbocycles. The summed E-state index contributed by atoms with van der Waals surface area (Å²) in [5.74, 6) is -4.27. The molecule has 1 amide bonds. The Hall–Kier alpha value is -2.30.